The first kappa shape index (κ1) is 25.2. The molecule has 0 bridgehead atoms. The van der Waals surface area contributed by atoms with Gasteiger partial charge in [-0.05, 0) is 37.5 Å². The molecular formula is C23H29F3N4O2. The fraction of sp³-hybridized carbons (Fsp3) is 0.435. The predicted molar refractivity (Wildman–Crippen MR) is 119 cm³/mol. The van der Waals surface area contributed by atoms with Crippen LogP contribution in [0, 0.1) is 0 Å². The molecule has 3 aromatic rings. The molecule has 1 fully saturated rings. The summed E-state index contributed by atoms with van der Waals surface area (Å²) in [6.45, 7) is 8.00. The van der Waals surface area contributed by atoms with Gasteiger partial charge in [0.1, 0.15) is 17.1 Å². The summed E-state index contributed by atoms with van der Waals surface area (Å²) in [5.41, 5.74) is -0.391. The quantitative estimate of drug-likeness (QED) is 0.493. The van der Waals surface area contributed by atoms with Gasteiger partial charge in [-0.25, -0.2) is 4.98 Å². The molecule has 2 aromatic heterocycles. The molecule has 0 radical (unpaired) electrons. The largest absolute Gasteiger partial charge is 0.494 e. The van der Waals surface area contributed by atoms with Crippen molar-refractivity contribution in [3.05, 3.63) is 47.9 Å². The number of hydrogen-bond donors (Lipinski definition) is 1. The Morgan fingerprint density at radius 3 is 2.41 bits per heavy atom. The van der Waals surface area contributed by atoms with Crippen molar-refractivity contribution in [3.8, 4) is 5.75 Å². The van der Waals surface area contributed by atoms with Gasteiger partial charge in [0.25, 0.3) is 5.91 Å². The number of pyridine rings is 1. The molecule has 0 atom stereocenters. The summed E-state index contributed by atoms with van der Waals surface area (Å²) in [4.78, 5) is 15.9. The second-order valence-corrected chi connectivity index (χ2v) is 6.67. The Morgan fingerprint density at radius 1 is 1.16 bits per heavy atom. The number of aromatic nitrogens is 3. The van der Waals surface area contributed by atoms with Gasteiger partial charge in [0.05, 0.1) is 24.4 Å². The SMILES string of the molecule is CC.CC.COc1cc2nn(C3CCC3)cc2cc1NC(=O)c1cccc(C(F)(F)F)n1. The zero-order chi connectivity index (χ0) is 23.9. The Labute approximate surface area is 185 Å². The van der Waals surface area contributed by atoms with Crippen LogP contribution in [0.25, 0.3) is 10.9 Å². The standard InChI is InChI=1S/C19H17F3N4O2.2C2H6/c1-28-16-9-14-11(10-26(25-14)12-4-2-5-12)8-15(16)24-18(27)13-6-3-7-17(23-13)19(20,21)22;2*1-2/h3,6-10,12H,2,4-5H2,1H3,(H,24,27);2*1-2H3. The van der Waals surface area contributed by atoms with Gasteiger partial charge >= 0.3 is 6.18 Å². The van der Waals surface area contributed by atoms with Crippen molar-refractivity contribution in [1.29, 1.82) is 0 Å². The monoisotopic (exact) mass is 450 g/mol. The van der Waals surface area contributed by atoms with Crippen molar-refractivity contribution in [2.75, 3.05) is 12.4 Å². The van der Waals surface area contributed by atoms with Crippen molar-refractivity contribution in [1.82, 2.24) is 14.8 Å². The fourth-order valence-electron chi connectivity index (χ4n) is 3.08. The van der Waals surface area contributed by atoms with Gasteiger partial charge < -0.3 is 10.1 Å². The highest BCUT2D eigenvalue weighted by Crippen LogP contribution is 2.35. The number of halogens is 3. The number of ether oxygens (including phenoxy) is 1. The van der Waals surface area contributed by atoms with E-state index in [1.807, 2.05) is 38.6 Å². The molecule has 0 aliphatic heterocycles. The first-order valence-corrected chi connectivity index (χ1v) is 10.8. The van der Waals surface area contributed by atoms with Crippen LogP contribution in [0.15, 0.2) is 36.5 Å². The number of alkyl halides is 3. The van der Waals surface area contributed by atoms with Gasteiger partial charge in [0.2, 0.25) is 0 Å². The van der Waals surface area contributed by atoms with E-state index in [1.165, 1.54) is 19.6 Å². The third kappa shape index (κ3) is 5.57. The van der Waals surface area contributed by atoms with Gasteiger partial charge in [-0.2, -0.15) is 18.3 Å². The van der Waals surface area contributed by atoms with E-state index in [0.29, 0.717) is 17.5 Å². The minimum absolute atomic E-state index is 0.331. The van der Waals surface area contributed by atoms with Crippen molar-refractivity contribution < 1.29 is 22.7 Å². The zero-order valence-electron chi connectivity index (χ0n) is 19.0. The zero-order valence-corrected chi connectivity index (χ0v) is 19.0. The molecule has 32 heavy (non-hydrogen) atoms. The van der Waals surface area contributed by atoms with Crippen LogP contribution in [0.3, 0.4) is 0 Å². The number of nitrogens with zero attached hydrogens (tertiary/aromatic N) is 3. The third-order valence-electron chi connectivity index (χ3n) is 4.81. The lowest BCUT2D eigenvalue weighted by atomic mass is 9.93. The normalized spacial score (nSPS) is 13.2. The van der Waals surface area contributed by atoms with Crippen molar-refractivity contribution in [2.45, 2.75) is 59.2 Å². The summed E-state index contributed by atoms with van der Waals surface area (Å²) >= 11 is 0. The van der Waals surface area contributed by atoms with Gasteiger partial charge in [-0.1, -0.05) is 33.8 Å². The highest BCUT2D eigenvalue weighted by molar-refractivity contribution is 6.05. The highest BCUT2D eigenvalue weighted by Gasteiger charge is 2.33. The molecule has 4 rings (SSSR count). The van der Waals surface area contributed by atoms with E-state index >= 15 is 0 Å². The molecule has 0 spiro atoms. The van der Waals surface area contributed by atoms with Crippen molar-refractivity contribution >= 4 is 22.5 Å². The molecule has 0 saturated heterocycles. The lowest BCUT2D eigenvalue weighted by molar-refractivity contribution is -0.141. The number of carbonyl (C=O) groups is 1. The van der Waals surface area contributed by atoms with Gasteiger partial charge in [-0.15, -0.1) is 0 Å². The Kier molecular flexibility index (Phi) is 8.63. The average Bonchev–Trinajstić information content (AvgIpc) is 3.16. The highest BCUT2D eigenvalue weighted by atomic mass is 19.4. The number of methoxy groups -OCH3 is 1. The maximum Gasteiger partial charge on any atom is 0.433 e. The number of carbonyl (C=O) groups excluding carboxylic acids is 1. The van der Waals surface area contributed by atoms with E-state index in [2.05, 4.69) is 15.4 Å². The predicted octanol–water partition coefficient (Wildman–Crippen LogP) is 6.49. The first-order chi connectivity index (χ1) is 15.3. The van der Waals surface area contributed by atoms with Crippen LogP contribution >= 0.6 is 0 Å². The van der Waals surface area contributed by atoms with E-state index < -0.39 is 17.8 Å². The number of anilines is 1. The smallest absolute Gasteiger partial charge is 0.433 e. The van der Waals surface area contributed by atoms with Crippen LogP contribution in [-0.2, 0) is 6.18 Å². The number of fused-ring (bicyclic) bond motifs is 1. The number of rotatable bonds is 4. The molecule has 1 aliphatic rings. The number of amides is 1. The molecule has 174 valence electrons. The fourth-order valence-corrected chi connectivity index (χ4v) is 3.08. The van der Waals surface area contributed by atoms with Crippen LogP contribution in [0.5, 0.6) is 5.75 Å². The van der Waals surface area contributed by atoms with E-state index in [0.717, 1.165) is 35.9 Å². The van der Waals surface area contributed by atoms with E-state index in [-0.39, 0.29) is 5.69 Å². The molecule has 1 aromatic carbocycles. The molecule has 2 heterocycles. The summed E-state index contributed by atoms with van der Waals surface area (Å²) in [6.07, 6.45) is 0.612. The summed E-state index contributed by atoms with van der Waals surface area (Å²) in [6, 6.07) is 6.96. The lowest BCUT2D eigenvalue weighted by Crippen LogP contribution is -2.17. The number of benzene rings is 1. The van der Waals surface area contributed by atoms with E-state index in [1.54, 1.807) is 12.1 Å². The maximum absolute atomic E-state index is 12.8. The Hall–Kier alpha value is -3.10. The molecule has 1 saturated carbocycles. The van der Waals surface area contributed by atoms with E-state index in [4.69, 9.17) is 4.74 Å². The van der Waals surface area contributed by atoms with Crippen LogP contribution < -0.4 is 10.1 Å². The van der Waals surface area contributed by atoms with Crippen LogP contribution in [0.1, 0.15) is 69.2 Å². The van der Waals surface area contributed by atoms with Crippen LogP contribution in [-0.4, -0.2) is 27.8 Å². The average molecular weight is 451 g/mol. The van der Waals surface area contributed by atoms with Gasteiger partial charge in [0.15, 0.2) is 0 Å². The van der Waals surface area contributed by atoms with Gasteiger partial charge in [0, 0.05) is 17.6 Å². The van der Waals surface area contributed by atoms with Crippen molar-refractivity contribution in [2.24, 2.45) is 0 Å². The Morgan fingerprint density at radius 2 is 1.84 bits per heavy atom. The van der Waals surface area contributed by atoms with Crippen LogP contribution in [0.4, 0.5) is 18.9 Å². The van der Waals surface area contributed by atoms with Gasteiger partial charge in [-0.3, -0.25) is 9.48 Å². The molecule has 6 nitrogen and oxygen atoms in total. The first-order valence-electron chi connectivity index (χ1n) is 10.8. The minimum atomic E-state index is -4.62. The summed E-state index contributed by atoms with van der Waals surface area (Å²) in [7, 11) is 1.45. The summed E-state index contributed by atoms with van der Waals surface area (Å²) in [5, 5.41) is 7.94. The topological polar surface area (TPSA) is 69.0 Å². The second-order valence-electron chi connectivity index (χ2n) is 6.67. The molecule has 1 amide bonds. The Balaban J connectivity index is 0.000000860. The summed E-state index contributed by atoms with van der Waals surface area (Å²) < 4.78 is 45.7. The third-order valence-corrected chi connectivity index (χ3v) is 4.81. The molecule has 1 aliphatic carbocycles. The molecule has 0 unspecified atom stereocenters. The molecule has 9 heteroatoms. The van der Waals surface area contributed by atoms with Crippen molar-refractivity contribution in [3.63, 3.8) is 0 Å². The molecule has 1 N–H and O–H groups in total. The Bertz CT molecular complexity index is 1040. The van der Waals surface area contributed by atoms with E-state index in [9.17, 15) is 18.0 Å². The minimum Gasteiger partial charge on any atom is -0.494 e. The number of hydrogen-bond acceptors (Lipinski definition) is 4. The lowest BCUT2D eigenvalue weighted by Gasteiger charge is -2.25. The second kappa shape index (κ2) is 11.0. The maximum atomic E-state index is 12.8. The summed E-state index contributed by atoms with van der Waals surface area (Å²) in [5.74, 6) is -0.387. The molecular weight excluding hydrogens is 421 g/mol. The number of nitrogens with one attached hydrogen (secondary N) is 1. The van der Waals surface area contributed by atoms with Crippen LogP contribution in [0.2, 0.25) is 0 Å².